The van der Waals surface area contributed by atoms with Crippen molar-refractivity contribution in [3.63, 3.8) is 0 Å². The number of aromatic nitrogens is 3. The number of nitrogens with one attached hydrogen (secondary N) is 1. The molecule has 6 rings (SSSR count). The van der Waals surface area contributed by atoms with Gasteiger partial charge in [-0.25, -0.2) is 4.39 Å². The summed E-state index contributed by atoms with van der Waals surface area (Å²) in [6, 6.07) is 5.12. The molecule has 3 aromatic rings. The number of nitrogens with zero attached hydrogens (tertiary/aromatic N) is 4. The quantitative estimate of drug-likeness (QED) is 0.633. The SMILES string of the molecule is CC(=O)N1CC=C(c2cc3c(n4cnnc24)NCc2c(F)ccc4c2[C@@H](CO4)CO3)CC1. The van der Waals surface area contributed by atoms with E-state index in [0.717, 1.165) is 28.9 Å². The first-order chi connectivity index (χ1) is 15.6. The van der Waals surface area contributed by atoms with Gasteiger partial charge in [-0.05, 0) is 30.2 Å². The van der Waals surface area contributed by atoms with Gasteiger partial charge in [0.2, 0.25) is 5.91 Å². The molecular weight excluding hydrogens is 413 g/mol. The average Bonchev–Trinajstić information content (AvgIpc) is 3.45. The molecule has 0 fully saturated rings. The lowest BCUT2D eigenvalue weighted by Crippen LogP contribution is -2.32. The average molecular weight is 435 g/mol. The van der Waals surface area contributed by atoms with Crippen LogP contribution in [0.4, 0.5) is 10.2 Å². The smallest absolute Gasteiger partial charge is 0.219 e. The van der Waals surface area contributed by atoms with E-state index in [2.05, 4.69) is 21.6 Å². The number of fused-ring (bicyclic) bond motifs is 3. The fourth-order valence-electron chi connectivity index (χ4n) is 4.82. The van der Waals surface area contributed by atoms with Gasteiger partial charge >= 0.3 is 0 Å². The van der Waals surface area contributed by atoms with Gasteiger partial charge in [0.1, 0.15) is 17.9 Å². The topological polar surface area (TPSA) is 81.0 Å². The Morgan fingerprint density at radius 3 is 2.88 bits per heavy atom. The molecule has 0 spiro atoms. The van der Waals surface area contributed by atoms with Gasteiger partial charge < -0.3 is 19.7 Å². The molecule has 0 radical (unpaired) electrons. The van der Waals surface area contributed by atoms with E-state index in [4.69, 9.17) is 9.47 Å². The lowest BCUT2D eigenvalue weighted by molar-refractivity contribution is -0.128. The summed E-state index contributed by atoms with van der Waals surface area (Å²) in [5.74, 6) is 1.84. The van der Waals surface area contributed by atoms with Gasteiger partial charge in [0.05, 0.1) is 19.1 Å². The number of halogens is 1. The summed E-state index contributed by atoms with van der Waals surface area (Å²) >= 11 is 0. The molecule has 1 amide bonds. The van der Waals surface area contributed by atoms with Crippen LogP contribution in [0.3, 0.4) is 0 Å². The number of carbonyl (C=O) groups is 1. The molecule has 0 unspecified atom stereocenters. The van der Waals surface area contributed by atoms with E-state index in [1.54, 1.807) is 19.3 Å². The summed E-state index contributed by atoms with van der Waals surface area (Å²) in [5, 5.41) is 11.8. The molecule has 164 valence electrons. The van der Waals surface area contributed by atoms with Crippen molar-refractivity contribution in [2.45, 2.75) is 25.8 Å². The number of hydrogen-bond acceptors (Lipinski definition) is 6. The van der Waals surface area contributed by atoms with Crippen molar-refractivity contribution < 1.29 is 18.7 Å². The van der Waals surface area contributed by atoms with Crippen molar-refractivity contribution in [3.05, 3.63) is 53.1 Å². The van der Waals surface area contributed by atoms with Crippen LogP contribution in [-0.4, -0.2) is 51.7 Å². The molecule has 0 aliphatic carbocycles. The highest BCUT2D eigenvalue weighted by atomic mass is 19.1. The van der Waals surface area contributed by atoms with Crippen LogP contribution in [-0.2, 0) is 11.3 Å². The molecule has 1 atom stereocenters. The number of carbonyl (C=O) groups excluding carboxylic acids is 1. The zero-order valence-electron chi connectivity index (χ0n) is 17.6. The van der Waals surface area contributed by atoms with E-state index in [1.165, 1.54) is 6.07 Å². The van der Waals surface area contributed by atoms with E-state index in [9.17, 15) is 9.18 Å². The van der Waals surface area contributed by atoms with Gasteiger partial charge in [0, 0.05) is 43.2 Å². The molecule has 3 aliphatic heterocycles. The fourth-order valence-corrected chi connectivity index (χ4v) is 4.82. The van der Waals surface area contributed by atoms with E-state index in [-0.39, 0.29) is 17.6 Å². The first-order valence-corrected chi connectivity index (χ1v) is 10.7. The van der Waals surface area contributed by atoms with Crippen LogP contribution in [0.25, 0.3) is 11.2 Å². The maximum Gasteiger partial charge on any atom is 0.219 e. The Morgan fingerprint density at radius 1 is 1.25 bits per heavy atom. The predicted molar refractivity (Wildman–Crippen MR) is 115 cm³/mol. The lowest BCUT2D eigenvalue weighted by atomic mass is 9.96. The van der Waals surface area contributed by atoms with Crippen LogP contribution in [0.2, 0.25) is 0 Å². The van der Waals surface area contributed by atoms with E-state index >= 15 is 0 Å². The highest BCUT2D eigenvalue weighted by Gasteiger charge is 2.32. The van der Waals surface area contributed by atoms with Crippen LogP contribution >= 0.6 is 0 Å². The fraction of sp³-hybridized carbons (Fsp3) is 0.348. The Kier molecular flexibility index (Phi) is 4.31. The summed E-state index contributed by atoms with van der Waals surface area (Å²) in [4.78, 5) is 13.5. The Morgan fingerprint density at radius 2 is 2.09 bits per heavy atom. The summed E-state index contributed by atoms with van der Waals surface area (Å²) in [6.07, 6.45) is 4.42. The highest BCUT2D eigenvalue weighted by molar-refractivity contribution is 5.82. The maximum atomic E-state index is 14.7. The minimum absolute atomic E-state index is 0.0402. The maximum absolute atomic E-state index is 14.7. The molecule has 8 nitrogen and oxygen atoms in total. The second-order valence-corrected chi connectivity index (χ2v) is 8.35. The highest BCUT2D eigenvalue weighted by Crippen LogP contribution is 2.41. The molecule has 32 heavy (non-hydrogen) atoms. The zero-order chi connectivity index (χ0) is 21.8. The normalized spacial score (nSPS) is 19.5. The molecule has 5 heterocycles. The van der Waals surface area contributed by atoms with Crippen LogP contribution in [0.5, 0.6) is 11.5 Å². The van der Waals surface area contributed by atoms with Crippen molar-refractivity contribution in [1.82, 2.24) is 19.5 Å². The minimum Gasteiger partial charge on any atom is -0.493 e. The number of amides is 1. The first kappa shape index (κ1) is 19.1. The third-order valence-corrected chi connectivity index (χ3v) is 6.52. The van der Waals surface area contributed by atoms with Crippen LogP contribution in [0.15, 0.2) is 30.6 Å². The van der Waals surface area contributed by atoms with Crippen LogP contribution in [0.1, 0.15) is 36.0 Å². The third-order valence-electron chi connectivity index (χ3n) is 6.52. The van der Waals surface area contributed by atoms with Gasteiger partial charge in [0.25, 0.3) is 0 Å². The molecule has 2 aromatic heterocycles. The lowest BCUT2D eigenvalue weighted by Gasteiger charge is -2.26. The van der Waals surface area contributed by atoms with E-state index < -0.39 is 0 Å². The van der Waals surface area contributed by atoms with Gasteiger partial charge in [0.15, 0.2) is 17.2 Å². The minimum atomic E-state index is -0.255. The van der Waals surface area contributed by atoms with Crippen LogP contribution < -0.4 is 14.8 Å². The molecular formula is C23H22FN5O3. The van der Waals surface area contributed by atoms with Gasteiger partial charge in [-0.2, -0.15) is 0 Å². The standard InChI is InChI=1S/C23H22FN5O3/c1-13(30)28-6-4-14(5-7-28)16-8-20-23(29-12-26-27-22(16)29)25-9-17-18(24)2-3-19-21(17)15(10-31-19)11-32-20/h2-4,8,12,15,25H,5-7,9-11H2,1H3/t15-/m0/s1. The summed E-state index contributed by atoms with van der Waals surface area (Å²) in [5.41, 5.74) is 4.21. The molecule has 1 N–H and O–H groups in total. The summed E-state index contributed by atoms with van der Waals surface area (Å²) < 4.78 is 28.6. The number of hydrogen-bond donors (Lipinski definition) is 1. The molecule has 3 aliphatic rings. The number of benzene rings is 1. The largest absolute Gasteiger partial charge is 0.493 e. The molecule has 0 saturated heterocycles. The van der Waals surface area contributed by atoms with Crippen molar-refractivity contribution >= 4 is 22.9 Å². The number of pyridine rings is 1. The molecule has 1 aromatic carbocycles. The Balaban J connectivity index is 1.43. The zero-order valence-corrected chi connectivity index (χ0v) is 17.6. The molecule has 9 heteroatoms. The Bertz CT molecular complexity index is 1280. The second kappa shape index (κ2) is 7.22. The van der Waals surface area contributed by atoms with Crippen molar-refractivity contribution in [1.29, 1.82) is 0 Å². The van der Waals surface area contributed by atoms with Crippen molar-refractivity contribution in [3.8, 4) is 11.5 Å². The summed E-state index contributed by atoms with van der Waals surface area (Å²) in [6.45, 7) is 3.96. The second-order valence-electron chi connectivity index (χ2n) is 8.35. The number of ether oxygens (including phenoxy) is 2. The molecule has 0 saturated carbocycles. The molecule has 0 bridgehead atoms. The number of rotatable bonds is 1. The van der Waals surface area contributed by atoms with Gasteiger partial charge in [-0.3, -0.25) is 9.20 Å². The van der Waals surface area contributed by atoms with Gasteiger partial charge in [-0.15, -0.1) is 10.2 Å². The monoisotopic (exact) mass is 435 g/mol. The predicted octanol–water partition coefficient (Wildman–Crippen LogP) is 2.98. The van der Waals surface area contributed by atoms with Crippen molar-refractivity contribution in [2.75, 3.05) is 31.6 Å². The van der Waals surface area contributed by atoms with Gasteiger partial charge in [-0.1, -0.05) is 6.08 Å². The van der Waals surface area contributed by atoms with Crippen LogP contribution in [0, 0.1) is 5.82 Å². The van der Waals surface area contributed by atoms with E-state index in [1.807, 2.05) is 15.4 Å². The number of anilines is 1. The summed E-state index contributed by atoms with van der Waals surface area (Å²) in [7, 11) is 0. The Labute approximate surface area is 183 Å². The van der Waals surface area contributed by atoms with Crippen molar-refractivity contribution in [2.24, 2.45) is 0 Å². The Hall–Kier alpha value is -3.62. The first-order valence-electron chi connectivity index (χ1n) is 10.7. The van der Waals surface area contributed by atoms with E-state index in [0.29, 0.717) is 55.6 Å². The third kappa shape index (κ3) is 2.91.